The zero-order valence-corrected chi connectivity index (χ0v) is 14.6. The highest BCUT2D eigenvalue weighted by atomic mass is 32.1. The Hall–Kier alpha value is -2.99. The van der Waals surface area contributed by atoms with Crippen LogP contribution in [-0.2, 0) is 6.42 Å². The van der Waals surface area contributed by atoms with E-state index in [4.69, 9.17) is 0 Å². The number of ketones is 1. The quantitative estimate of drug-likeness (QED) is 0.639. The highest BCUT2D eigenvalue weighted by molar-refractivity contribution is 7.11. The molecule has 0 aliphatic rings. The van der Waals surface area contributed by atoms with Crippen LogP contribution in [0.4, 0.5) is 4.39 Å². The second kappa shape index (κ2) is 7.09. The first-order valence-electron chi connectivity index (χ1n) is 7.80. The van der Waals surface area contributed by atoms with Gasteiger partial charge in [-0.3, -0.25) is 4.79 Å². The van der Waals surface area contributed by atoms with E-state index >= 15 is 0 Å². The average molecular weight is 370 g/mol. The van der Waals surface area contributed by atoms with Crippen LogP contribution in [0.25, 0.3) is 11.1 Å². The summed E-state index contributed by atoms with van der Waals surface area (Å²) >= 11 is 1.09. The SMILES string of the molecule is Cc1ccc(-c2csc(CC(=O)c3ccccc3O)c2C(=O)O)c(F)c1. The van der Waals surface area contributed by atoms with Gasteiger partial charge in [0.1, 0.15) is 11.6 Å². The van der Waals surface area contributed by atoms with Crippen molar-refractivity contribution in [2.24, 2.45) is 0 Å². The number of phenols is 1. The maximum atomic E-state index is 14.3. The molecule has 0 spiro atoms. The molecule has 6 heteroatoms. The number of para-hydroxylation sites is 1. The van der Waals surface area contributed by atoms with E-state index in [1.807, 2.05) is 0 Å². The first kappa shape index (κ1) is 17.8. The monoisotopic (exact) mass is 370 g/mol. The molecule has 0 amide bonds. The van der Waals surface area contributed by atoms with Gasteiger partial charge in [-0.15, -0.1) is 11.3 Å². The number of carbonyl (C=O) groups excluding carboxylic acids is 1. The molecule has 0 bridgehead atoms. The molecule has 0 saturated carbocycles. The largest absolute Gasteiger partial charge is 0.507 e. The van der Waals surface area contributed by atoms with Crippen molar-refractivity contribution in [1.82, 2.24) is 0 Å². The molecule has 0 aliphatic heterocycles. The second-order valence-electron chi connectivity index (χ2n) is 5.85. The molecule has 2 N–H and O–H groups in total. The molecule has 1 heterocycles. The fourth-order valence-corrected chi connectivity index (χ4v) is 3.78. The van der Waals surface area contributed by atoms with Crippen LogP contribution in [0.1, 0.15) is 31.2 Å². The number of benzene rings is 2. The summed E-state index contributed by atoms with van der Waals surface area (Å²) in [6, 6.07) is 10.7. The van der Waals surface area contributed by atoms with Crippen LogP contribution in [0.3, 0.4) is 0 Å². The van der Waals surface area contributed by atoms with Crippen LogP contribution < -0.4 is 0 Å². The molecule has 4 nitrogen and oxygen atoms in total. The number of hydrogen-bond acceptors (Lipinski definition) is 4. The minimum atomic E-state index is -1.22. The average Bonchev–Trinajstić information content (AvgIpc) is 2.98. The second-order valence-corrected chi connectivity index (χ2v) is 6.82. The van der Waals surface area contributed by atoms with Gasteiger partial charge in [-0.2, -0.15) is 0 Å². The highest BCUT2D eigenvalue weighted by Crippen LogP contribution is 2.34. The number of carboxylic acid groups (broad SMARTS) is 1. The topological polar surface area (TPSA) is 74.6 Å². The first-order valence-corrected chi connectivity index (χ1v) is 8.68. The van der Waals surface area contributed by atoms with E-state index in [0.717, 1.165) is 16.9 Å². The molecule has 0 aliphatic carbocycles. The summed E-state index contributed by atoms with van der Waals surface area (Å²) in [4.78, 5) is 24.5. The number of Topliss-reactive ketones (excluding diaryl/α,β-unsaturated/α-hetero) is 1. The smallest absolute Gasteiger partial charge is 0.337 e. The van der Waals surface area contributed by atoms with Crippen LogP contribution >= 0.6 is 11.3 Å². The summed E-state index contributed by atoms with van der Waals surface area (Å²) in [6.45, 7) is 1.75. The van der Waals surface area contributed by atoms with Crippen molar-refractivity contribution in [3.63, 3.8) is 0 Å². The predicted molar refractivity (Wildman–Crippen MR) is 97.6 cm³/mol. The number of aromatic hydroxyl groups is 1. The Labute approximate surface area is 153 Å². The Kier molecular flexibility index (Phi) is 4.86. The lowest BCUT2D eigenvalue weighted by molar-refractivity contribution is 0.0697. The van der Waals surface area contributed by atoms with Crippen LogP contribution in [-0.4, -0.2) is 22.0 Å². The number of rotatable bonds is 5. The van der Waals surface area contributed by atoms with Crippen molar-refractivity contribution in [2.45, 2.75) is 13.3 Å². The lowest BCUT2D eigenvalue weighted by atomic mass is 9.98. The van der Waals surface area contributed by atoms with Gasteiger partial charge in [0.15, 0.2) is 5.78 Å². The summed E-state index contributed by atoms with van der Waals surface area (Å²) in [7, 11) is 0. The van der Waals surface area contributed by atoms with Crippen molar-refractivity contribution < 1.29 is 24.2 Å². The molecule has 1 aromatic heterocycles. The zero-order valence-electron chi connectivity index (χ0n) is 13.8. The van der Waals surface area contributed by atoms with Crippen LogP contribution in [0.2, 0.25) is 0 Å². The van der Waals surface area contributed by atoms with E-state index in [1.165, 1.54) is 24.3 Å². The minimum absolute atomic E-state index is 0.0819. The molecule has 0 radical (unpaired) electrons. The van der Waals surface area contributed by atoms with Gasteiger partial charge in [0.2, 0.25) is 0 Å². The molecule has 132 valence electrons. The van der Waals surface area contributed by atoms with Gasteiger partial charge in [-0.1, -0.05) is 24.3 Å². The third kappa shape index (κ3) is 3.36. The van der Waals surface area contributed by atoms with E-state index in [0.29, 0.717) is 4.88 Å². The first-order chi connectivity index (χ1) is 12.4. The standard InChI is InChI=1S/C20H15FO4S/c1-11-6-7-12(15(21)8-11)14-10-26-18(19(14)20(24)25)9-17(23)13-4-2-3-5-16(13)22/h2-8,10,22H,9H2,1H3,(H,24,25). The minimum Gasteiger partial charge on any atom is -0.507 e. The number of aryl methyl sites for hydroxylation is 1. The molecule has 0 fully saturated rings. The van der Waals surface area contributed by atoms with Crippen molar-refractivity contribution in [3.8, 4) is 16.9 Å². The van der Waals surface area contributed by atoms with Crippen LogP contribution in [0.15, 0.2) is 47.8 Å². The summed E-state index contributed by atoms with van der Waals surface area (Å²) in [5.41, 5.74) is 1.21. The van der Waals surface area contributed by atoms with E-state index in [1.54, 1.807) is 30.5 Å². The summed E-state index contributed by atoms with van der Waals surface area (Å²) in [6.07, 6.45) is -0.183. The van der Waals surface area contributed by atoms with Gasteiger partial charge in [0.05, 0.1) is 11.1 Å². The Bertz CT molecular complexity index is 1010. The maximum absolute atomic E-state index is 14.3. The van der Waals surface area contributed by atoms with Crippen molar-refractivity contribution >= 4 is 23.1 Å². The highest BCUT2D eigenvalue weighted by Gasteiger charge is 2.24. The summed E-state index contributed by atoms with van der Waals surface area (Å²) in [5, 5.41) is 20.9. The van der Waals surface area contributed by atoms with Gasteiger partial charge in [0, 0.05) is 22.4 Å². The van der Waals surface area contributed by atoms with Crippen molar-refractivity contribution in [1.29, 1.82) is 0 Å². The number of carbonyl (C=O) groups is 2. The van der Waals surface area contributed by atoms with Crippen LogP contribution in [0.5, 0.6) is 5.75 Å². The lowest BCUT2D eigenvalue weighted by Crippen LogP contribution is -2.07. The van der Waals surface area contributed by atoms with E-state index in [2.05, 4.69) is 0 Å². The molecule has 0 saturated heterocycles. The van der Waals surface area contributed by atoms with E-state index in [9.17, 15) is 24.2 Å². The Morgan fingerprint density at radius 1 is 1.12 bits per heavy atom. The summed E-state index contributed by atoms with van der Waals surface area (Å²) in [5.74, 6) is -2.29. The maximum Gasteiger partial charge on any atom is 0.337 e. The van der Waals surface area contributed by atoms with Gasteiger partial charge >= 0.3 is 5.97 Å². The van der Waals surface area contributed by atoms with Crippen LogP contribution in [0, 0.1) is 12.7 Å². The zero-order chi connectivity index (χ0) is 18.8. The fraction of sp³-hybridized carbons (Fsp3) is 0.100. The number of halogens is 1. The molecular formula is C20H15FO4S. The Balaban J connectivity index is 2.02. The van der Waals surface area contributed by atoms with Crippen molar-refractivity contribution in [3.05, 3.63) is 75.2 Å². The van der Waals surface area contributed by atoms with E-state index in [-0.39, 0.29) is 34.4 Å². The Morgan fingerprint density at radius 3 is 2.50 bits per heavy atom. The number of carboxylic acids is 1. The van der Waals surface area contributed by atoms with Gasteiger partial charge in [-0.05, 0) is 36.1 Å². The number of thiophene rings is 1. The molecule has 0 atom stereocenters. The molecule has 26 heavy (non-hydrogen) atoms. The predicted octanol–water partition coefficient (Wildman–Crippen LogP) is 4.69. The third-order valence-corrected chi connectivity index (χ3v) is 5.01. The van der Waals surface area contributed by atoms with Gasteiger partial charge < -0.3 is 10.2 Å². The number of aromatic carboxylic acids is 1. The molecule has 0 unspecified atom stereocenters. The van der Waals surface area contributed by atoms with Gasteiger partial charge in [-0.25, -0.2) is 9.18 Å². The molecular weight excluding hydrogens is 355 g/mol. The normalized spacial score (nSPS) is 10.7. The molecule has 3 rings (SSSR count). The van der Waals surface area contributed by atoms with E-state index < -0.39 is 17.6 Å². The number of hydrogen-bond donors (Lipinski definition) is 2. The number of phenolic OH excluding ortho intramolecular Hbond substituents is 1. The van der Waals surface area contributed by atoms with Gasteiger partial charge in [0.25, 0.3) is 0 Å². The third-order valence-electron chi connectivity index (χ3n) is 4.02. The fourth-order valence-electron chi connectivity index (χ4n) is 2.75. The lowest BCUT2D eigenvalue weighted by Gasteiger charge is -2.06. The van der Waals surface area contributed by atoms with Crippen molar-refractivity contribution in [2.75, 3.05) is 0 Å². The molecule has 2 aromatic carbocycles. The Morgan fingerprint density at radius 2 is 1.85 bits per heavy atom. The molecule has 3 aromatic rings. The summed E-state index contributed by atoms with van der Waals surface area (Å²) < 4.78 is 14.3.